The SMILES string of the molecule is O=C1CC[C@@H](C(=O)O)N1.O=C1CC[C@@H](C(=O)O)N1.O=C1CC[C@@H](C(=O)O)N1.[Nd]. The van der Waals surface area contributed by atoms with Crippen LogP contribution in [0.25, 0.3) is 0 Å². The number of amides is 3. The first-order chi connectivity index (χ1) is 12.6. The third kappa shape index (κ3) is 9.39. The van der Waals surface area contributed by atoms with Gasteiger partial charge in [0.25, 0.3) is 0 Å². The van der Waals surface area contributed by atoms with Crippen LogP contribution in [0.5, 0.6) is 0 Å². The van der Waals surface area contributed by atoms with Gasteiger partial charge in [0.05, 0.1) is 0 Å². The number of hydrogen-bond donors (Lipinski definition) is 6. The quantitative estimate of drug-likeness (QED) is 0.239. The fourth-order valence-electron chi connectivity index (χ4n) is 2.40. The molecule has 3 aliphatic rings. The van der Waals surface area contributed by atoms with Crippen LogP contribution in [0.3, 0.4) is 0 Å². The summed E-state index contributed by atoms with van der Waals surface area (Å²) in [5, 5.41) is 31.9. The first-order valence-corrected chi connectivity index (χ1v) is 8.16. The van der Waals surface area contributed by atoms with Crippen LogP contribution in [0, 0.1) is 40.8 Å². The van der Waals surface area contributed by atoms with Gasteiger partial charge in [-0.05, 0) is 19.3 Å². The van der Waals surface area contributed by atoms with Crippen molar-refractivity contribution >= 4 is 35.6 Å². The minimum absolute atomic E-state index is 0. The third-order valence-corrected chi connectivity index (χ3v) is 3.88. The summed E-state index contributed by atoms with van der Waals surface area (Å²) in [4.78, 5) is 61.5. The molecule has 0 radical (unpaired) electrons. The van der Waals surface area contributed by atoms with Crippen LogP contribution in [-0.4, -0.2) is 69.1 Å². The predicted molar refractivity (Wildman–Crippen MR) is 86.4 cm³/mol. The van der Waals surface area contributed by atoms with Crippen LogP contribution in [-0.2, 0) is 28.8 Å². The second kappa shape index (κ2) is 12.6. The van der Waals surface area contributed by atoms with E-state index in [1.807, 2.05) is 0 Å². The molecule has 0 spiro atoms. The van der Waals surface area contributed by atoms with Crippen molar-refractivity contribution in [3.8, 4) is 0 Å². The first kappa shape index (κ1) is 26.2. The van der Waals surface area contributed by atoms with Gasteiger partial charge in [0.2, 0.25) is 17.7 Å². The van der Waals surface area contributed by atoms with Gasteiger partial charge in [-0.25, -0.2) is 14.4 Å². The van der Waals surface area contributed by atoms with Gasteiger partial charge in [0.15, 0.2) is 0 Å². The molecule has 3 saturated heterocycles. The number of hydrogen-bond acceptors (Lipinski definition) is 6. The van der Waals surface area contributed by atoms with E-state index >= 15 is 0 Å². The maximum Gasteiger partial charge on any atom is 0.326 e. The van der Waals surface area contributed by atoms with Gasteiger partial charge >= 0.3 is 17.9 Å². The Morgan fingerprint density at radius 2 is 0.821 bits per heavy atom. The molecular formula is C15H21N3NdO9. The molecule has 0 aromatic heterocycles. The Balaban J connectivity index is 0.000000384. The summed E-state index contributed by atoms with van der Waals surface area (Å²) in [5.74, 6) is -3.32. The standard InChI is InChI=1S/3C5H7NO3.Nd/c3*7-4-2-1-3(6-4)5(8)9;/h3*3H,1-2H2,(H,6,7)(H,8,9);/t3*3-;/m000./s1. The molecule has 0 bridgehead atoms. The summed E-state index contributed by atoms with van der Waals surface area (Å²) in [6.07, 6.45) is 2.31. The van der Waals surface area contributed by atoms with E-state index < -0.39 is 36.0 Å². The van der Waals surface area contributed by atoms with E-state index in [4.69, 9.17) is 15.3 Å². The zero-order valence-corrected chi connectivity index (χ0v) is 18.0. The van der Waals surface area contributed by atoms with E-state index in [2.05, 4.69) is 16.0 Å². The predicted octanol–water partition coefficient (Wildman–Crippen LogP) is -1.95. The maximum absolute atomic E-state index is 10.4. The van der Waals surface area contributed by atoms with Crippen molar-refractivity contribution in [1.82, 2.24) is 16.0 Å². The molecule has 13 heteroatoms. The van der Waals surface area contributed by atoms with Crippen molar-refractivity contribution in [1.29, 1.82) is 0 Å². The molecule has 0 aromatic rings. The Kier molecular flexibility index (Phi) is 11.8. The summed E-state index contributed by atoms with van der Waals surface area (Å²) < 4.78 is 0. The van der Waals surface area contributed by atoms with Crippen molar-refractivity contribution in [2.75, 3.05) is 0 Å². The number of carboxylic acid groups (broad SMARTS) is 3. The molecule has 0 unspecified atom stereocenters. The van der Waals surface area contributed by atoms with E-state index in [9.17, 15) is 28.8 Å². The van der Waals surface area contributed by atoms with E-state index in [1.54, 1.807) is 0 Å². The van der Waals surface area contributed by atoms with Crippen molar-refractivity contribution < 1.29 is 84.9 Å². The molecule has 0 aromatic carbocycles. The molecule has 3 aliphatic heterocycles. The molecule has 3 fully saturated rings. The number of carbonyl (C=O) groups is 6. The molecule has 154 valence electrons. The van der Waals surface area contributed by atoms with Gasteiger partial charge in [-0.2, -0.15) is 0 Å². The van der Waals surface area contributed by atoms with Gasteiger partial charge in [-0.3, -0.25) is 14.4 Å². The van der Waals surface area contributed by atoms with E-state index in [-0.39, 0.29) is 58.6 Å². The van der Waals surface area contributed by atoms with Crippen molar-refractivity contribution in [3.05, 3.63) is 0 Å². The molecule has 3 atom stereocenters. The van der Waals surface area contributed by atoms with Crippen molar-refractivity contribution in [2.45, 2.75) is 56.7 Å². The van der Waals surface area contributed by atoms with Crippen molar-refractivity contribution in [3.63, 3.8) is 0 Å². The Morgan fingerprint density at radius 3 is 0.893 bits per heavy atom. The topological polar surface area (TPSA) is 199 Å². The normalized spacial score (nSPS) is 24.9. The van der Waals surface area contributed by atoms with Crippen LogP contribution >= 0.6 is 0 Å². The summed E-state index contributed by atoms with van der Waals surface area (Å²) in [7, 11) is 0. The minimum Gasteiger partial charge on any atom is -0.480 e. The summed E-state index contributed by atoms with van der Waals surface area (Å²) in [6, 6.07) is -1.92. The number of carbonyl (C=O) groups excluding carboxylic acids is 3. The average molecular weight is 532 g/mol. The van der Waals surface area contributed by atoms with E-state index in [1.165, 1.54) is 0 Å². The number of nitrogens with one attached hydrogen (secondary N) is 3. The number of carboxylic acids is 3. The fourth-order valence-corrected chi connectivity index (χ4v) is 2.40. The summed E-state index contributed by atoms with van der Waals surface area (Å²) in [5.41, 5.74) is 0. The van der Waals surface area contributed by atoms with Crippen LogP contribution in [0.1, 0.15) is 38.5 Å². The number of aliphatic carboxylic acids is 3. The Bertz CT molecular complexity index is 555. The van der Waals surface area contributed by atoms with Gasteiger partial charge in [0.1, 0.15) is 18.1 Å². The Hall–Kier alpha value is -1.83. The number of rotatable bonds is 3. The fraction of sp³-hybridized carbons (Fsp3) is 0.600. The van der Waals surface area contributed by atoms with Gasteiger partial charge in [0, 0.05) is 60.1 Å². The molecule has 3 heterocycles. The monoisotopic (exact) mass is 529 g/mol. The second-order valence-corrected chi connectivity index (χ2v) is 5.99. The first-order valence-electron chi connectivity index (χ1n) is 8.16. The Morgan fingerprint density at radius 1 is 0.607 bits per heavy atom. The second-order valence-electron chi connectivity index (χ2n) is 5.99. The van der Waals surface area contributed by atoms with Gasteiger partial charge in [-0.15, -0.1) is 0 Å². The maximum atomic E-state index is 10.4. The van der Waals surface area contributed by atoms with Gasteiger partial charge in [-0.1, -0.05) is 0 Å². The summed E-state index contributed by atoms with van der Waals surface area (Å²) in [6.45, 7) is 0. The molecule has 28 heavy (non-hydrogen) atoms. The van der Waals surface area contributed by atoms with Gasteiger partial charge < -0.3 is 31.3 Å². The molecule has 3 amide bonds. The average Bonchev–Trinajstić information content (AvgIpc) is 3.30. The largest absolute Gasteiger partial charge is 0.480 e. The zero-order valence-electron chi connectivity index (χ0n) is 14.8. The molecule has 6 N–H and O–H groups in total. The van der Waals surface area contributed by atoms with Crippen LogP contribution < -0.4 is 16.0 Å². The summed E-state index contributed by atoms with van der Waals surface area (Å²) >= 11 is 0. The molecule has 12 nitrogen and oxygen atoms in total. The van der Waals surface area contributed by atoms with E-state index in [0.29, 0.717) is 38.5 Å². The molecule has 3 rings (SSSR count). The minimum atomic E-state index is -0.944. The molecule has 0 aliphatic carbocycles. The van der Waals surface area contributed by atoms with Crippen LogP contribution in [0.15, 0.2) is 0 Å². The van der Waals surface area contributed by atoms with E-state index in [0.717, 1.165) is 0 Å². The molecule has 0 saturated carbocycles. The third-order valence-electron chi connectivity index (χ3n) is 3.88. The zero-order chi connectivity index (χ0) is 20.6. The van der Waals surface area contributed by atoms with Crippen LogP contribution in [0.4, 0.5) is 0 Å². The van der Waals surface area contributed by atoms with Crippen molar-refractivity contribution in [2.24, 2.45) is 0 Å². The smallest absolute Gasteiger partial charge is 0.326 e. The molecular weight excluding hydrogens is 510 g/mol. The van der Waals surface area contributed by atoms with Crippen LogP contribution in [0.2, 0.25) is 0 Å². The Labute approximate surface area is 192 Å².